The maximum Gasteiger partial charge on any atom is 0.317 e. The number of carbonyl (C=O) groups is 2. The maximum atomic E-state index is 11.7. The first kappa shape index (κ1) is 14.0. The van der Waals surface area contributed by atoms with Crippen molar-refractivity contribution in [3.8, 4) is 0 Å². The van der Waals surface area contributed by atoms with Crippen molar-refractivity contribution in [3.63, 3.8) is 0 Å². The van der Waals surface area contributed by atoms with E-state index in [-0.39, 0.29) is 19.0 Å². The third kappa shape index (κ3) is 4.86. The van der Waals surface area contributed by atoms with Crippen molar-refractivity contribution in [3.05, 3.63) is 18.5 Å². The summed E-state index contributed by atoms with van der Waals surface area (Å²) in [5.41, 5.74) is 0. The van der Waals surface area contributed by atoms with Gasteiger partial charge in [0.15, 0.2) is 0 Å². The van der Waals surface area contributed by atoms with E-state index in [1.165, 1.54) is 4.90 Å². The lowest BCUT2D eigenvalue weighted by atomic mass is 10.4. The third-order valence-corrected chi connectivity index (χ3v) is 2.44. The van der Waals surface area contributed by atoms with Gasteiger partial charge < -0.3 is 15.3 Å². The molecule has 1 heterocycles. The normalized spacial score (nSPS) is 10.1. The largest absolute Gasteiger partial charge is 0.481 e. The van der Waals surface area contributed by atoms with Crippen molar-refractivity contribution in [2.75, 3.05) is 19.6 Å². The monoisotopic (exact) mass is 254 g/mol. The quantitative estimate of drug-likeness (QED) is 0.736. The number of amides is 2. The Morgan fingerprint density at radius 1 is 1.50 bits per heavy atom. The van der Waals surface area contributed by atoms with Gasteiger partial charge in [-0.1, -0.05) is 0 Å². The van der Waals surface area contributed by atoms with Crippen LogP contribution in [0.5, 0.6) is 0 Å². The molecule has 18 heavy (non-hydrogen) atoms. The molecule has 0 aliphatic carbocycles. The van der Waals surface area contributed by atoms with Crippen LogP contribution in [0.3, 0.4) is 0 Å². The number of nitrogens with zero attached hydrogens (tertiary/aromatic N) is 3. The van der Waals surface area contributed by atoms with E-state index in [0.717, 1.165) is 0 Å². The number of carboxylic acids is 1. The molecule has 100 valence electrons. The van der Waals surface area contributed by atoms with Crippen LogP contribution in [-0.2, 0) is 11.3 Å². The molecule has 0 atom stereocenters. The summed E-state index contributed by atoms with van der Waals surface area (Å²) in [5.74, 6) is -0.905. The molecule has 0 saturated carbocycles. The minimum Gasteiger partial charge on any atom is -0.481 e. The average Bonchev–Trinajstić information content (AvgIpc) is 2.82. The predicted molar refractivity (Wildman–Crippen MR) is 65.1 cm³/mol. The Balaban J connectivity index is 2.26. The van der Waals surface area contributed by atoms with Crippen LogP contribution in [0, 0.1) is 0 Å². The van der Waals surface area contributed by atoms with Gasteiger partial charge in [-0.3, -0.25) is 9.48 Å². The number of hydrogen-bond donors (Lipinski definition) is 2. The van der Waals surface area contributed by atoms with Gasteiger partial charge in [0, 0.05) is 32.0 Å². The zero-order valence-electron chi connectivity index (χ0n) is 10.4. The molecule has 1 aromatic heterocycles. The van der Waals surface area contributed by atoms with Crippen molar-refractivity contribution in [1.29, 1.82) is 0 Å². The third-order valence-electron chi connectivity index (χ3n) is 2.44. The minimum atomic E-state index is -0.905. The van der Waals surface area contributed by atoms with Gasteiger partial charge in [0.2, 0.25) is 0 Å². The smallest absolute Gasteiger partial charge is 0.317 e. The molecule has 0 radical (unpaired) electrons. The second-order valence-corrected chi connectivity index (χ2v) is 3.72. The van der Waals surface area contributed by atoms with Gasteiger partial charge in [-0.2, -0.15) is 5.10 Å². The van der Waals surface area contributed by atoms with Crippen LogP contribution in [0.1, 0.15) is 13.3 Å². The summed E-state index contributed by atoms with van der Waals surface area (Å²) in [6.07, 6.45) is 3.45. The van der Waals surface area contributed by atoms with E-state index < -0.39 is 5.97 Å². The highest BCUT2D eigenvalue weighted by Crippen LogP contribution is 1.93. The first-order chi connectivity index (χ1) is 8.63. The minimum absolute atomic E-state index is 0.0413. The highest BCUT2D eigenvalue weighted by atomic mass is 16.4. The molecule has 0 bridgehead atoms. The molecular formula is C11H18N4O3. The molecule has 0 saturated heterocycles. The molecular weight excluding hydrogens is 236 g/mol. The first-order valence-electron chi connectivity index (χ1n) is 5.85. The fraction of sp³-hybridized carbons (Fsp3) is 0.545. The lowest BCUT2D eigenvalue weighted by molar-refractivity contribution is -0.137. The average molecular weight is 254 g/mol. The molecule has 0 aromatic carbocycles. The van der Waals surface area contributed by atoms with Gasteiger partial charge in [-0.15, -0.1) is 0 Å². The van der Waals surface area contributed by atoms with Gasteiger partial charge in [-0.05, 0) is 13.0 Å². The zero-order chi connectivity index (χ0) is 13.4. The summed E-state index contributed by atoms with van der Waals surface area (Å²) in [6.45, 7) is 3.58. The summed E-state index contributed by atoms with van der Waals surface area (Å²) in [7, 11) is 0. The Hall–Kier alpha value is -2.05. The van der Waals surface area contributed by atoms with E-state index in [9.17, 15) is 9.59 Å². The molecule has 0 aliphatic heterocycles. The Morgan fingerprint density at radius 3 is 2.83 bits per heavy atom. The molecule has 0 fully saturated rings. The SMILES string of the molecule is CCN(CCC(=O)O)C(=O)NCCn1cccn1. The predicted octanol–water partition coefficient (Wildman–Crippen LogP) is 0.389. The number of carbonyl (C=O) groups excluding carboxylic acids is 1. The highest BCUT2D eigenvalue weighted by molar-refractivity contribution is 5.75. The summed E-state index contributed by atoms with van der Waals surface area (Å²) in [6, 6.07) is 1.57. The molecule has 7 heteroatoms. The van der Waals surface area contributed by atoms with Crippen molar-refractivity contribution >= 4 is 12.0 Å². The summed E-state index contributed by atoms with van der Waals surface area (Å²) in [5, 5.41) is 15.3. The fourth-order valence-corrected chi connectivity index (χ4v) is 1.46. The molecule has 7 nitrogen and oxygen atoms in total. The maximum absolute atomic E-state index is 11.7. The number of aromatic nitrogens is 2. The van der Waals surface area contributed by atoms with Crippen LogP contribution >= 0.6 is 0 Å². The fourth-order valence-electron chi connectivity index (χ4n) is 1.46. The Labute approximate surface area is 105 Å². The van der Waals surface area contributed by atoms with Crippen LogP contribution in [0.15, 0.2) is 18.5 Å². The van der Waals surface area contributed by atoms with Gasteiger partial charge in [0.25, 0.3) is 0 Å². The van der Waals surface area contributed by atoms with Crippen molar-refractivity contribution < 1.29 is 14.7 Å². The molecule has 1 aromatic rings. The van der Waals surface area contributed by atoms with Gasteiger partial charge >= 0.3 is 12.0 Å². The summed E-state index contributed by atoms with van der Waals surface area (Å²) >= 11 is 0. The van der Waals surface area contributed by atoms with Crippen molar-refractivity contribution in [2.45, 2.75) is 19.9 Å². The number of rotatable bonds is 7. The van der Waals surface area contributed by atoms with E-state index >= 15 is 0 Å². The van der Waals surface area contributed by atoms with Gasteiger partial charge in [0.05, 0.1) is 13.0 Å². The Bertz CT molecular complexity index is 378. The van der Waals surface area contributed by atoms with E-state index in [2.05, 4.69) is 10.4 Å². The molecule has 2 N–H and O–H groups in total. The van der Waals surface area contributed by atoms with Crippen molar-refractivity contribution in [2.24, 2.45) is 0 Å². The van der Waals surface area contributed by atoms with Crippen LogP contribution < -0.4 is 5.32 Å². The Morgan fingerprint density at radius 2 is 2.28 bits per heavy atom. The molecule has 2 amide bonds. The second-order valence-electron chi connectivity index (χ2n) is 3.72. The van der Waals surface area contributed by atoms with Gasteiger partial charge in [0.1, 0.15) is 0 Å². The van der Waals surface area contributed by atoms with Crippen LogP contribution in [0.4, 0.5) is 4.79 Å². The van der Waals surface area contributed by atoms with Gasteiger partial charge in [-0.25, -0.2) is 4.79 Å². The lowest BCUT2D eigenvalue weighted by Gasteiger charge is -2.20. The van der Waals surface area contributed by atoms with Crippen molar-refractivity contribution in [1.82, 2.24) is 20.0 Å². The number of hydrogen-bond acceptors (Lipinski definition) is 3. The Kier molecular flexibility index (Phi) is 5.69. The van der Waals surface area contributed by atoms with E-state index in [0.29, 0.717) is 19.6 Å². The second kappa shape index (κ2) is 7.31. The number of carboxylic acid groups (broad SMARTS) is 1. The zero-order valence-corrected chi connectivity index (χ0v) is 10.4. The number of urea groups is 1. The topological polar surface area (TPSA) is 87.5 Å². The first-order valence-corrected chi connectivity index (χ1v) is 5.85. The lowest BCUT2D eigenvalue weighted by Crippen LogP contribution is -2.42. The molecule has 1 rings (SSSR count). The van der Waals surface area contributed by atoms with Crippen LogP contribution in [0.25, 0.3) is 0 Å². The standard InChI is InChI=1S/C11H18N4O3/c1-2-14(8-4-10(16)17)11(18)12-6-9-15-7-3-5-13-15/h3,5,7H,2,4,6,8-9H2,1H3,(H,12,18)(H,16,17). The number of nitrogens with one attached hydrogen (secondary N) is 1. The molecule has 0 spiro atoms. The summed E-state index contributed by atoms with van der Waals surface area (Å²) < 4.78 is 1.72. The number of aliphatic carboxylic acids is 1. The highest BCUT2D eigenvalue weighted by Gasteiger charge is 2.11. The molecule has 0 unspecified atom stereocenters. The molecule has 0 aliphatic rings. The van der Waals surface area contributed by atoms with Crippen LogP contribution in [-0.4, -0.2) is 51.4 Å². The van der Waals surface area contributed by atoms with E-state index in [1.807, 2.05) is 19.2 Å². The van der Waals surface area contributed by atoms with Crippen LogP contribution in [0.2, 0.25) is 0 Å². The van der Waals surface area contributed by atoms with E-state index in [1.54, 1.807) is 10.9 Å². The summed E-state index contributed by atoms with van der Waals surface area (Å²) in [4.78, 5) is 23.6. The van der Waals surface area contributed by atoms with E-state index in [4.69, 9.17) is 5.11 Å².